The summed E-state index contributed by atoms with van der Waals surface area (Å²) in [4.78, 5) is 20.7. The minimum Gasteiger partial charge on any atom is -0.495 e. The number of benzene rings is 1. The minimum absolute atomic E-state index is 0.279. The molecule has 0 aliphatic rings. The molecule has 2 aromatic heterocycles. The first-order valence-corrected chi connectivity index (χ1v) is 8.81. The fourth-order valence-electron chi connectivity index (χ4n) is 2.51. The zero-order valence-electron chi connectivity index (χ0n) is 15.4. The highest BCUT2D eigenvalue weighted by molar-refractivity contribution is 6.32. The molecule has 0 saturated heterocycles. The highest BCUT2D eigenvalue weighted by atomic mass is 35.5. The lowest BCUT2D eigenvalue weighted by Crippen LogP contribution is -2.24. The van der Waals surface area contributed by atoms with E-state index in [1.165, 1.54) is 7.11 Å². The molecular formula is C20H19ClN4O3. The standard InChI is InChI=1S/C20H19ClN4O3/c1-27-18-11-16(19(28-2)10-15(18)21)25-13-6-8-23-17(9-13)20(26)24-12-14-5-3-4-7-22-14/h3-11H,12H2,1-2H3,(H,23,25)(H,24,26). The van der Waals surface area contributed by atoms with Crippen LogP contribution in [0, 0.1) is 0 Å². The first-order valence-electron chi connectivity index (χ1n) is 8.43. The van der Waals surface area contributed by atoms with E-state index in [0.717, 1.165) is 5.69 Å². The summed E-state index contributed by atoms with van der Waals surface area (Å²) in [5.74, 6) is 0.756. The van der Waals surface area contributed by atoms with Crippen LogP contribution in [-0.4, -0.2) is 30.1 Å². The number of rotatable bonds is 7. The summed E-state index contributed by atoms with van der Waals surface area (Å²) in [7, 11) is 3.08. The Bertz CT molecular complexity index is 967. The van der Waals surface area contributed by atoms with Gasteiger partial charge in [-0.05, 0) is 24.3 Å². The summed E-state index contributed by atoms with van der Waals surface area (Å²) in [6.45, 7) is 0.321. The molecule has 3 aromatic rings. The molecule has 144 valence electrons. The molecule has 3 rings (SSSR count). The average Bonchev–Trinajstić information content (AvgIpc) is 2.73. The van der Waals surface area contributed by atoms with Crippen LogP contribution in [0.2, 0.25) is 5.02 Å². The Hall–Kier alpha value is -3.32. The van der Waals surface area contributed by atoms with Gasteiger partial charge in [0.15, 0.2) is 0 Å². The highest BCUT2D eigenvalue weighted by Gasteiger charge is 2.12. The Kier molecular flexibility index (Phi) is 6.29. The molecule has 0 aliphatic heterocycles. The van der Waals surface area contributed by atoms with Crippen molar-refractivity contribution < 1.29 is 14.3 Å². The van der Waals surface area contributed by atoms with Gasteiger partial charge in [-0.3, -0.25) is 14.8 Å². The first kappa shape index (κ1) is 19.4. The number of hydrogen-bond donors (Lipinski definition) is 2. The fraction of sp³-hybridized carbons (Fsp3) is 0.150. The number of methoxy groups -OCH3 is 2. The van der Waals surface area contributed by atoms with E-state index in [1.807, 2.05) is 18.2 Å². The number of carbonyl (C=O) groups excluding carboxylic acids is 1. The largest absolute Gasteiger partial charge is 0.495 e. The van der Waals surface area contributed by atoms with E-state index in [-0.39, 0.29) is 11.6 Å². The van der Waals surface area contributed by atoms with Gasteiger partial charge in [-0.25, -0.2) is 0 Å². The molecule has 0 bridgehead atoms. The third kappa shape index (κ3) is 4.69. The molecule has 2 heterocycles. The number of ether oxygens (including phenoxy) is 2. The second-order valence-electron chi connectivity index (χ2n) is 5.75. The second-order valence-corrected chi connectivity index (χ2v) is 6.15. The number of nitrogens with one attached hydrogen (secondary N) is 2. The SMILES string of the molecule is COc1cc(Nc2ccnc(C(=O)NCc3ccccn3)c2)c(OC)cc1Cl. The van der Waals surface area contributed by atoms with Crippen LogP contribution in [0.5, 0.6) is 11.5 Å². The summed E-state index contributed by atoms with van der Waals surface area (Å²) in [6.07, 6.45) is 3.23. The molecule has 0 aliphatic carbocycles. The van der Waals surface area contributed by atoms with E-state index in [2.05, 4.69) is 20.6 Å². The van der Waals surface area contributed by atoms with Gasteiger partial charge in [-0.15, -0.1) is 0 Å². The van der Waals surface area contributed by atoms with Crippen LogP contribution < -0.4 is 20.1 Å². The molecule has 0 unspecified atom stereocenters. The van der Waals surface area contributed by atoms with E-state index >= 15 is 0 Å². The molecule has 7 nitrogen and oxygen atoms in total. The molecule has 8 heteroatoms. The maximum Gasteiger partial charge on any atom is 0.270 e. The van der Waals surface area contributed by atoms with E-state index in [4.69, 9.17) is 21.1 Å². The monoisotopic (exact) mass is 398 g/mol. The van der Waals surface area contributed by atoms with Crippen molar-refractivity contribution in [2.75, 3.05) is 19.5 Å². The van der Waals surface area contributed by atoms with Crippen molar-refractivity contribution >= 4 is 28.9 Å². The molecular weight excluding hydrogens is 380 g/mol. The van der Waals surface area contributed by atoms with Crippen LogP contribution in [0.1, 0.15) is 16.2 Å². The number of hydrogen-bond acceptors (Lipinski definition) is 6. The van der Waals surface area contributed by atoms with Gasteiger partial charge in [0.25, 0.3) is 5.91 Å². The summed E-state index contributed by atoms with van der Waals surface area (Å²) in [5.41, 5.74) is 2.36. The quantitative estimate of drug-likeness (QED) is 0.629. The van der Waals surface area contributed by atoms with E-state index < -0.39 is 0 Å². The van der Waals surface area contributed by atoms with Crippen molar-refractivity contribution in [1.29, 1.82) is 0 Å². The van der Waals surface area contributed by atoms with E-state index in [0.29, 0.717) is 34.4 Å². The Morgan fingerprint density at radius 3 is 2.57 bits per heavy atom. The first-order chi connectivity index (χ1) is 13.6. The molecule has 0 fully saturated rings. The predicted octanol–water partition coefficient (Wildman–Crippen LogP) is 3.82. The predicted molar refractivity (Wildman–Crippen MR) is 107 cm³/mol. The third-order valence-corrected chi connectivity index (χ3v) is 4.20. The second kappa shape index (κ2) is 9.05. The van der Waals surface area contributed by atoms with Crippen LogP contribution in [0.4, 0.5) is 11.4 Å². The van der Waals surface area contributed by atoms with Crippen LogP contribution in [0.25, 0.3) is 0 Å². The van der Waals surface area contributed by atoms with Gasteiger partial charge in [0, 0.05) is 30.2 Å². The molecule has 2 N–H and O–H groups in total. The Morgan fingerprint density at radius 1 is 1.04 bits per heavy atom. The lowest BCUT2D eigenvalue weighted by molar-refractivity contribution is 0.0945. The van der Waals surface area contributed by atoms with E-state index in [9.17, 15) is 4.79 Å². The van der Waals surface area contributed by atoms with Gasteiger partial charge < -0.3 is 20.1 Å². The number of aromatic nitrogens is 2. The maximum atomic E-state index is 12.4. The summed E-state index contributed by atoms with van der Waals surface area (Å²) < 4.78 is 10.6. The van der Waals surface area contributed by atoms with Crippen molar-refractivity contribution in [2.45, 2.75) is 6.54 Å². The lowest BCUT2D eigenvalue weighted by atomic mass is 10.2. The number of nitrogens with zero attached hydrogens (tertiary/aromatic N) is 2. The summed E-state index contributed by atoms with van der Waals surface area (Å²) in [5, 5.41) is 6.44. The minimum atomic E-state index is -0.296. The fourth-order valence-corrected chi connectivity index (χ4v) is 2.74. The maximum absolute atomic E-state index is 12.4. The van der Waals surface area contributed by atoms with Crippen LogP contribution in [0.3, 0.4) is 0 Å². The van der Waals surface area contributed by atoms with Gasteiger partial charge in [-0.1, -0.05) is 17.7 Å². The van der Waals surface area contributed by atoms with Crippen molar-refractivity contribution in [3.63, 3.8) is 0 Å². The molecule has 0 saturated carbocycles. The average molecular weight is 399 g/mol. The van der Waals surface area contributed by atoms with Crippen molar-refractivity contribution in [3.05, 3.63) is 71.3 Å². The van der Waals surface area contributed by atoms with Gasteiger partial charge >= 0.3 is 0 Å². The number of anilines is 2. The topological polar surface area (TPSA) is 85.4 Å². The Morgan fingerprint density at radius 2 is 1.86 bits per heavy atom. The zero-order valence-corrected chi connectivity index (χ0v) is 16.2. The normalized spacial score (nSPS) is 10.2. The number of halogens is 1. The number of pyridine rings is 2. The van der Waals surface area contributed by atoms with Gasteiger partial charge in [-0.2, -0.15) is 0 Å². The number of amides is 1. The smallest absolute Gasteiger partial charge is 0.270 e. The molecule has 0 radical (unpaired) electrons. The third-order valence-electron chi connectivity index (χ3n) is 3.90. The summed E-state index contributed by atoms with van der Waals surface area (Å²) in [6, 6.07) is 12.3. The van der Waals surface area contributed by atoms with Crippen molar-refractivity contribution in [1.82, 2.24) is 15.3 Å². The molecule has 1 aromatic carbocycles. The van der Waals surface area contributed by atoms with Gasteiger partial charge in [0.2, 0.25) is 0 Å². The van der Waals surface area contributed by atoms with Crippen LogP contribution in [0.15, 0.2) is 54.9 Å². The molecule has 0 atom stereocenters. The Balaban J connectivity index is 1.75. The lowest BCUT2D eigenvalue weighted by Gasteiger charge is -2.14. The van der Waals surface area contributed by atoms with Crippen molar-refractivity contribution in [2.24, 2.45) is 0 Å². The van der Waals surface area contributed by atoms with Gasteiger partial charge in [0.1, 0.15) is 17.2 Å². The summed E-state index contributed by atoms with van der Waals surface area (Å²) >= 11 is 6.13. The Labute approximate surface area is 167 Å². The molecule has 28 heavy (non-hydrogen) atoms. The van der Waals surface area contributed by atoms with Crippen LogP contribution in [-0.2, 0) is 6.54 Å². The zero-order chi connectivity index (χ0) is 19.9. The molecule has 0 spiro atoms. The highest BCUT2D eigenvalue weighted by Crippen LogP contribution is 2.37. The number of carbonyl (C=O) groups is 1. The van der Waals surface area contributed by atoms with Crippen molar-refractivity contribution in [3.8, 4) is 11.5 Å². The molecule has 1 amide bonds. The van der Waals surface area contributed by atoms with Gasteiger partial charge in [0.05, 0.1) is 37.2 Å². The van der Waals surface area contributed by atoms with Crippen LogP contribution >= 0.6 is 11.6 Å². The van der Waals surface area contributed by atoms with E-state index in [1.54, 1.807) is 43.8 Å².